The molecular weight excluding hydrogens is 376 g/mol. The van der Waals surface area contributed by atoms with Gasteiger partial charge in [-0.15, -0.1) is 16.4 Å². The van der Waals surface area contributed by atoms with Gasteiger partial charge in [-0.2, -0.15) is 4.68 Å². The molecule has 8 heteroatoms. The minimum absolute atomic E-state index is 0.0569. The van der Waals surface area contributed by atoms with Crippen molar-refractivity contribution in [3.8, 4) is 10.8 Å². The molecule has 1 aromatic carbocycles. The van der Waals surface area contributed by atoms with Crippen LogP contribution < -0.4 is 16.0 Å². The number of benzene rings is 1. The largest absolute Gasteiger partial charge is 0.437 e. The van der Waals surface area contributed by atoms with Crippen molar-refractivity contribution in [1.29, 1.82) is 0 Å². The number of hydrogen-bond acceptors (Lipinski definition) is 5. The highest BCUT2D eigenvalue weighted by atomic mass is 32.1. The van der Waals surface area contributed by atoms with Crippen LogP contribution in [0.2, 0.25) is 0 Å². The monoisotopic (exact) mass is 399 g/mol. The normalized spacial score (nSPS) is 19.0. The van der Waals surface area contributed by atoms with Crippen molar-refractivity contribution < 1.29 is 14.1 Å². The predicted molar refractivity (Wildman–Crippen MR) is 106 cm³/mol. The fraction of sp³-hybridized carbons (Fsp3) is 0.350. The summed E-state index contributed by atoms with van der Waals surface area (Å²) in [7, 11) is 0. The Morgan fingerprint density at radius 3 is 2.93 bits per heavy atom. The Morgan fingerprint density at radius 2 is 2.14 bits per heavy atom. The lowest BCUT2D eigenvalue weighted by molar-refractivity contribution is -0.901. The molecule has 2 N–H and O–H groups in total. The van der Waals surface area contributed by atoms with E-state index >= 15 is 0 Å². The molecule has 1 aliphatic rings. The van der Waals surface area contributed by atoms with Gasteiger partial charge in [-0.3, -0.25) is 4.79 Å². The number of quaternary nitrogens is 1. The number of hydrogen-bond donors (Lipinski definition) is 2. The third-order valence-corrected chi connectivity index (χ3v) is 5.79. The Bertz CT molecular complexity index is 965. The fourth-order valence-corrected chi connectivity index (χ4v) is 4.20. The minimum atomic E-state index is -0.532. The summed E-state index contributed by atoms with van der Waals surface area (Å²) in [5, 5.41) is 9.16. The lowest BCUT2D eigenvalue weighted by Gasteiger charge is -2.14. The summed E-state index contributed by atoms with van der Waals surface area (Å²) in [6.45, 7) is 3.17. The molecule has 1 aliphatic heterocycles. The molecular formula is C20H23N4O3S+. The first-order chi connectivity index (χ1) is 13.7. The lowest BCUT2D eigenvalue weighted by Crippen LogP contribution is -3.09. The number of nitrogens with one attached hydrogen (secondary N) is 2. The Hall–Kier alpha value is -2.71. The molecule has 1 fully saturated rings. The number of aromatic nitrogens is 2. The number of thiophene rings is 1. The number of nitrogens with zero attached hydrogens (tertiary/aromatic N) is 2. The average Bonchev–Trinajstić information content (AvgIpc) is 3.43. The highest BCUT2D eigenvalue weighted by Gasteiger charge is 2.27. The zero-order valence-electron chi connectivity index (χ0n) is 15.5. The van der Waals surface area contributed by atoms with Crippen LogP contribution in [0.3, 0.4) is 0 Å². The molecule has 0 saturated carbocycles. The second-order valence-corrected chi connectivity index (χ2v) is 7.99. The molecule has 0 bridgehead atoms. The SMILES string of the molecule is O=C(CCn1nc(-c2cccs2)oc1=O)N[C@@H]1CC[NH+](Cc2ccccc2)C1. The maximum absolute atomic E-state index is 12.3. The zero-order valence-corrected chi connectivity index (χ0v) is 16.3. The van der Waals surface area contributed by atoms with Gasteiger partial charge in [0.05, 0.1) is 30.6 Å². The van der Waals surface area contributed by atoms with Gasteiger partial charge in [-0.25, -0.2) is 4.79 Å². The Kier molecular flexibility index (Phi) is 5.68. The maximum Gasteiger partial charge on any atom is 0.437 e. The van der Waals surface area contributed by atoms with Gasteiger partial charge >= 0.3 is 5.76 Å². The second-order valence-electron chi connectivity index (χ2n) is 7.04. The van der Waals surface area contributed by atoms with Crippen molar-refractivity contribution in [3.05, 3.63) is 64.0 Å². The van der Waals surface area contributed by atoms with Gasteiger partial charge in [0.2, 0.25) is 5.91 Å². The van der Waals surface area contributed by atoms with Crippen molar-refractivity contribution in [3.63, 3.8) is 0 Å². The van der Waals surface area contributed by atoms with Gasteiger partial charge in [0, 0.05) is 18.4 Å². The quantitative estimate of drug-likeness (QED) is 0.619. The molecule has 0 spiro atoms. The molecule has 0 radical (unpaired) electrons. The van der Waals surface area contributed by atoms with Crippen LogP contribution in [0.4, 0.5) is 0 Å². The van der Waals surface area contributed by atoms with Crippen molar-refractivity contribution in [1.82, 2.24) is 15.1 Å². The fourth-order valence-electron chi connectivity index (χ4n) is 3.55. The van der Waals surface area contributed by atoms with Crippen LogP contribution in [0, 0.1) is 0 Å². The van der Waals surface area contributed by atoms with Crippen molar-refractivity contribution in [2.75, 3.05) is 13.1 Å². The van der Waals surface area contributed by atoms with Crippen molar-refractivity contribution in [2.45, 2.75) is 32.0 Å². The molecule has 2 atom stereocenters. The summed E-state index contributed by atoms with van der Waals surface area (Å²) >= 11 is 1.45. The van der Waals surface area contributed by atoms with Crippen molar-refractivity contribution >= 4 is 17.2 Å². The van der Waals surface area contributed by atoms with Crippen LogP contribution in [-0.4, -0.2) is 34.8 Å². The summed E-state index contributed by atoms with van der Waals surface area (Å²) in [5.41, 5.74) is 1.32. The Morgan fingerprint density at radius 1 is 1.29 bits per heavy atom. The first-order valence-electron chi connectivity index (χ1n) is 9.46. The van der Waals surface area contributed by atoms with Crippen LogP contribution in [0.5, 0.6) is 0 Å². The van der Waals surface area contributed by atoms with E-state index in [1.807, 2.05) is 23.6 Å². The molecule has 4 rings (SSSR count). The molecule has 1 saturated heterocycles. The van der Waals surface area contributed by atoms with Gasteiger partial charge in [0.1, 0.15) is 6.54 Å². The number of amides is 1. The molecule has 1 unspecified atom stereocenters. The number of rotatable bonds is 7. The van der Waals surface area contributed by atoms with Gasteiger partial charge in [0.25, 0.3) is 5.89 Å². The van der Waals surface area contributed by atoms with Gasteiger partial charge in [-0.1, -0.05) is 36.4 Å². The number of aryl methyl sites for hydroxylation is 1. The van der Waals surface area contributed by atoms with E-state index in [-0.39, 0.29) is 24.9 Å². The molecule has 0 aliphatic carbocycles. The lowest BCUT2D eigenvalue weighted by atomic mass is 10.2. The average molecular weight is 399 g/mol. The number of carbonyl (C=O) groups is 1. The smallest absolute Gasteiger partial charge is 0.387 e. The number of likely N-dealkylation sites (tertiary alicyclic amines) is 1. The molecule has 146 valence electrons. The number of carbonyl (C=O) groups excluding carboxylic acids is 1. The van der Waals surface area contributed by atoms with Crippen LogP contribution in [0.1, 0.15) is 18.4 Å². The summed E-state index contributed by atoms with van der Waals surface area (Å²) < 4.78 is 6.39. The first kappa shape index (κ1) is 18.6. The summed E-state index contributed by atoms with van der Waals surface area (Å²) in [4.78, 5) is 26.5. The van der Waals surface area contributed by atoms with E-state index in [1.165, 1.54) is 26.5 Å². The van der Waals surface area contributed by atoms with E-state index in [0.29, 0.717) is 5.89 Å². The molecule has 3 aromatic rings. The zero-order chi connectivity index (χ0) is 19.3. The maximum atomic E-state index is 12.3. The van der Waals surface area contributed by atoms with Gasteiger partial charge in [-0.05, 0) is 11.4 Å². The topological polar surface area (TPSA) is 81.6 Å². The van der Waals surface area contributed by atoms with E-state index in [9.17, 15) is 9.59 Å². The van der Waals surface area contributed by atoms with Crippen LogP contribution in [0.25, 0.3) is 10.8 Å². The van der Waals surface area contributed by atoms with Crippen LogP contribution >= 0.6 is 11.3 Å². The third kappa shape index (κ3) is 4.58. The Labute approximate surface area is 166 Å². The first-order valence-corrected chi connectivity index (χ1v) is 10.3. The van der Waals surface area contributed by atoms with E-state index in [1.54, 1.807) is 0 Å². The second kappa shape index (κ2) is 8.53. The highest BCUT2D eigenvalue weighted by Crippen LogP contribution is 2.21. The summed E-state index contributed by atoms with van der Waals surface area (Å²) in [6.07, 6.45) is 1.18. The van der Waals surface area contributed by atoms with E-state index in [4.69, 9.17) is 4.42 Å². The highest BCUT2D eigenvalue weighted by molar-refractivity contribution is 7.13. The van der Waals surface area contributed by atoms with E-state index in [2.05, 4.69) is 34.7 Å². The third-order valence-electron chi connectivity index (χ3n) is 4.93. The van der Waals surface area contributed by atoms with E-state index < -0.39 is 5.76 Å². The van der Waals surface area contributed by atoms with Gasteiger partial charge < -0.3 is 14.6 Å². The van der Waals surface area contributed by atoms with Crippen molar-refractivity contribution in [2.24, 2.45) is 0 Å². The molecule has 3 heterocycles. The summed E-state index contributed by atoms with van der Waals surface area (Å²) in [6, 6.07) is 14.3. The van der Waals surface area contributed by atoms with Gasteiger partial charge in [0.15, 0.2) is 0 Å². The van der Waals surface area contributed by atoms with Crippen LogP contribution in [0.15, 0.2) is 57.1 Å². The molecule has 2 aromatic heterocycles. The van der Waals surface area contributed by atoms with Crippen LogP contribution in [-0.2, 0) is 17.9 Å². The molecule has 28 heavy (non-hydrogen) atoms. The van der Waals surface area contributed by atoms with E-state index in [0.717, 1.165) is 30.9 Å². The summed E-state index contributed by atoms with van der Waals surface area (Å²) in [5.74, 6) is -0.287. The Balaban J connectivity index is 1.25. The predicted octanol–water partition coefficient (Wildman–Crippen LogP) is 0.929. The minimum Gasteiger partial charge on any atom is -0.387 e. The standard InChI is InChI=1S/C20H22N4O3S/c25-18(9-11-24-20(26)27-19(22-24)17-7-4-12-28-17)21-16-8-10-23(14-16)13-15-5-2-1-3-6-15/h1-7,12,16H,8-11,13-14H2,(H,21,25)/p+1/t16-/m1/s1. The molecule has 7 nitrogen and oxygen atoms in total. The molecule has 1 amide bonds.